The molecule has 10 heteroatoms. The van der Waals surface area contributed by atoms with Gasteiger partial charge in [-0.3, -0.25) is 4.79 Å². The highest BCUT2D eigenvalue weighted by atomic mass is 32.1. The predicted octanol–water partition coefficient (Wildman–Crippen LogP) is 4.69. The van der Waals surface area contributed by atoms with Crippen molar-refractivity contribution in [3.05, 3.63) is 69.5 Å². The zero-order valence-electron chi connectivity index (χ0n) is 15.4. The maximum atomic E-state index is 12.9. The summed E-state index contributed by atoms with van der Waals surface area (Å²) in [7, 11) is 0. The summed E-state index contributed by atoms with van der Waals surface area (Å²) in [5.74, 6) is 0.322. The smallest absolute Gasteiger partial charge is 0.351 e. The van der Waals surface area contributed by atoms with E-state index in [0.717, 1.165) is 6.20 Å². The fourth-order valence-electron chi connectivity index (χ4n) is 3.21. The summed E-state index contributed by atoms with van der Waals surface area (Å²) in [5, 5.41) is 5.23. The first kappa shape index (κ1) is 18.5. The summed E-state index contributed by atoms with van der Waals surface area (Å²) < 4.78 is 40.0. The number of hydrogen-bond donors (Lipinski definition) is 1. The van der Waals surface area contributed by atoms with E-state index in [1.54, 1.807) is 43.5 Å². The monoisotopic (exact) mass is 427 g/mol. The summed E-state index contributed by atoms with van der Waals surface area (Å²) in [4.78, 5) is 23.5. The van der Waals surface area contributed by atoms with Crippen LogP contribution in [0.25, 0.3) is 38.6 Å². The minimum Gasteiger partial charge on any atom is -0.351 e. The van der Waals surface area contributed by atoms with Gasteiger partial charge in [-0.05, 0) is 31.2 Å². The van der Waals surface area contributed by atoms with Crippen molar-refractivity contribution >= 4 is 27.9 Å². The Morgan fingerprint density at radius 3 is 2.70 bits per heavy atom. The van der Waals surface area contributed by atoms with Crippen LogP contribution in [0, 0.1) is 6.92 Å². The molecule has 0 bridgehead atoms. The molecule has 0 saturated carbocycles. The van der Waals surface area contributed by atoms with E-state index >= 15 is 0 Å². The lowest BCUT2D eigenvalue weighted by atomic mass is 10.1. The number of halogens is 3. The van der Waals surface area contributed by atoms with E-state index in [2.05, 4.69) is 20.1 Å². The van der Waals surface area contributed by atoms with Crippen molar-refractivity contribution in [3.63, 3.8) is 0 Å². The molecule has 0 spiro atoms. The highest BCUT2D eigenvalue weighted by Gasteiger charge is 2.33. The molecule has 1 aromatic carbocycles. The largest absolute Gasteiger partial charge is 0.427 e. The van der Waals surface area contributed by atoms with Gasteiger partial charge in [0.15, 0.2) is 16.9 Å². The van der Waals surface area contributed by atoms with Gasteiger partial charge in [0.25, 0.3) is 0 Å². The first-order valence-electron chi connectivity index (χ1n) is 8.83. The van der Waals surface area contributed by atoms with E-state index in [1.807, 2.05) is 6.07 Å². The Labute approximate surface area is 170 Å². The number of hydrogen-bond acceptors (Lipinski definition) is 5. The summed E-state index contributed by atoms with van der Waals surface area (Å²) in [6, 6.07) is 10.5. The van der Waals surface area contributed by atoms with Gasteiger partial charge < -0.3 is 4.98 Å². The Hall–Kier alpha value is -3.53. The van der Waals surface area contributed by atoms with Gasteiger partial charge in [0, 0.05) is 28.2 Å². The van der Waals surface area contributed by atoms with Gasteiger partial charge in [-0.1, -0.05) is 12.1 Å². The number of rotatable bonds is 2. The van der Waals surface area contributed by atoms with Crippen molar-refractivity contribution in [2.45, 2.75) is 13.1 Å². The number of para-hydroxylation sites is 1. The van der Waals surface area contributed by atoms with Crippen molar-refractivity contribution < 1.29 is 13.2 Å². The van der Waals surface area contributed by atoms with Gasteiger partial charge in [0.2, 0.25) is 0 Å². The second-order valence-electron chi connectivity index (χ2n) is 6.68. The number of nitrogens with one attached hydrogen (secondary N) is 1. The fraction of sp³-hybridized carbons (Fsp3) is 0.100. The molecule has 5 rings (SSSR count). The minimum atomic E-state index is -4.43. The number of aromatic nitrogens is 5. The molecule has 0 aliphatic carbocycles. The van der Waals surface area contributed by atoms with E-state index in [9.17, 15) is 18.0 Å². The average molecular weight is 427 g/mol. The molecule has 1 N–H and O–H groups in total. The Morgan fingerprint density at radius 1 is 1.13 bits per heavy atom. The molecule has 4 heterocycles. The number of benzene rings is 1. The van der Waals surface area contributed by atoms with Crippen molar-refractivity contribution in [1.29, 1.82) is 0 Å². The van der Waals surface area contributed by atoms with Crippen LogP contribution in [-0.4, -0.2) is 24.6 Å². The Morgan fingerprint density at radius 2 is 1.93 bits per heavy atom. The fourth-order valence-corrected chi connectivity index (χ4v) is 3.99. The SMILES string of the molecule is Cc1c(-c2nc3ccc(-c4ncc(C(F)(F)F)s4)cn3n2)[nH]c2ccccc2c1=O. The number of alkyl halides is 3. The summed E-state index contributed by atoms with van der Waals surface area (Å²) in [5.41, 5.74) is 2.53. The minimum absolute atomic E-state index is 0.110. The van der Waals surface area contributed by atoms with Gasteiger partial charge >= 0.3 is 6.18 Å². The highest BCUT2D eigenvalue weighted by molar-refractivity contribution is 7.15. The number of pyridine rings is 2. The first-order chi connectivity index (χ1) is 14.3. The molecule has 0 unspecified atom stereocenters. The second-order valence-corrected chi connectivity index (χ2v) is 7.71. The molecular formula is C20H12F3N5OS. The van der Waals surface area contributed by atoms with Crippen LogP contribution in [0.15, 0.2) is 53.6 Å². The first-order valence-corrected chi connectivity index (χ1v) is 9.65. The van der Waals surface area contributed by atoms with Crippen LogP contribution in [0.1, 0.15) is 10.4 Å². The van der Waals surface area contributed by atoms with E-state index in [0.29, 0.717) is 50.5 Å². The van der Waals surface area contributed by atoms with Gasteiger partial charge in [0.1, 0.15) is 9.88 Å². The van der Waals surface area contributed by atoms with Crippen LogP contribution in [0.2, 0.25) is 0 Å². The molecule has 0 aliphatic rings. The van der Waals surface area contributed by atoms with E-state index in [-0.39, 0.29) is 10.4 Å². The van der Waals surface area contributed by atoms with Crippen LogP contribution < -0.4 is 5.43 Å². The zero-order chi connectivity index (χ0) is 21.0. The maximum absolute atomic E-state index is 12.9. The molecule has 0 radical (unpaired) electrons. The van der Waals surface area contributed by atoms with Crippen LogP contribution in [0.5, 0.6) is 0 Å². The molecular weight excluding hydrogens is 415 g/mol. The Balaban J connectivity index is 1.61. The van der Waals surface area contributed by atoms with Crippen LogP contribution in [0.3, 0.4) is 0 Å². The second kappa shape index (κ2) is 6.49. The third-order valence-electron chi connectivity index (χ3n) is 4.73. The molecule has 0 atom stereocenters. The van der Waals surface area contributed by atoms with Crippen molar-refractivity contribution in [3.8, 4) is 22.1 Å². The molecule has 4 aromatic heterocycles. The topological polar surface area (TPSA) is 75.9 Å². The van der Waals surface area contributed by atoms with Crippen molar-refractivity contribution in [2.24, 2.45) is 0 Å². The van der Waals surface area contributed by atoms with Crippen molar-refractivity contribution in [1.82, 2.24) is 24.6 Å². The van der Waals surface area contributed by atoms with Gasteiger partial charge in [-0.25, -0.2) is 14.5 Å². The van der Waals surface area contributed by atoms with Crippen LogP contribution >= 0.6 is 11.3 Å². The highest BCUT2D eigenvalue weighted by Crippen LogP contribution is 2.36. The molecule has 150 valence electrons. The molecule has 30 heavy (non-hydrogen) atoms. The Bertz CT molecular complexity index is 1480. The number of H-pyrrole nitrogens is 1. The van der Waals surface area contributed by atoms with E-state index in [1.165, 1.54) is 4.52 Å². The number of nitrogens with zero attached hydrogens (tertiary/aromatic N) is 4. The third kappa shape index (κ3) is 2.96. The van der Waals surface area contributed by atoms with Gasteiger partial charge in [-0.15, -0.1) is 16.4 Å². The zero-order valence-corrected chi connectivity index (χ0v) is 16.2. The quantitative estimate of drug-likeness (QED) is 0.444. The summed E-state index contributed by atoms with van der Waals surface area (Å²) in [6.07, 6.45) is -2.04. The lowest BCUT2D eigenvalue weighted by molar-refractivity contribution is -0.134. The predicted molar refractivity (Wildman–Crippen MR) is 107 cm³/mol. The Kier molecular flexibility index (Phi) is 4.00. The lowest BCUT2D eigenvalue weighted by Crippen LogP contribution is -2.09. The van der Waals surface area contributed by atoms with Crippen molar-refractivity contribution in [2.75, 3.05) is 0 Å². The molecule has 0 amide bonds. The van der Waals surface area contributed by atoms with E-state index < -0.39 is 11.1 Å². The average Bonchev–Trinajstić information content (AvgIpc) is 3.37. The molecule has 6 nitrogen and oxygen atoms in total. The summed E-state index contributed by atoms with van der Waals surface area (Å²) in [6.45, 7) is 1.70. The molecule has 0 fully saturated rings. The third-order valence-corrected chi connectivity index (χ3v) is 5.82. The molecule has 5 aromatic rings. The number of aromatic amines is 1. The number of fused-ring (bicyclic) bond motifs is 2. The van der Waals surface area contributed by atoms with Crippen LogP contribution in [-0.2, 0) is 6.18 Å². The molecule has 0 saturated heterocycles. The summed E-state index contributed by atoms with van der Waals surface area (Å²) >= 11 is 0.565. The lowest BCUT2D eigenvalue weighted by Gasteiger charge is -2.04. The molecule has 0 aliphatic heterocycles. The van der Waals surface area contributed by atoms with E-state index in [4.69, 9.17) is 0 Å². The van der Waals surface area contributed by atoms with Crippen LogP contribution in [0.4, 0.5) is 13.2 Å². The number of thiazole rings is 1. The van der Waals surface area contributed by atoms with Gasteiger partial charge in [0.05, 0.1) is 11.9 Å². The standard InChI is InChI=1S/C20H12F3N5OS/c1-10-16(25-13-5-3-2-4-12(13)17(10)29)18-26-15-7-6-11(9-28(15)27-18)19-24-8-14(30-19)20(21,22)23/h2-9H,1H3,(H,25,29). The van der Waals surface area contributed by atoms with Gasteiger partial charge in [-0.2, -0.15) is 13.2 Å². The maximum Gasteiger partial charge on any atom is 0.427 e. The normalized spacial score (nSPS) is 12.1.